The van der Waals surface area contributed by atoms with Crippen molar-refractivity contribution in [3.8, 4) is 0 Å². The molecule has 1 rings (SSSR count). The van der Waals surface area contributed by atoms with Crippen molar-refractivity contribution in [2.45, 2.75) is 24.3 Å². The number of aromatic amines is 1. The molecule has 0 saturated heterocycles. The largest absolute Gasteiger partial charge is 0.446 e. The standard InChI is InChI=1S/C7H8F3NS/c1-4-3-6(5(2)11-4)12-7(8,9)10/h3,11H,1-2H3. The Hall–Kier alpha value is -0.580. The van der Waals surface area contributed by atoms with Crippen LogP contribution in [0.2, 0.25) is 0 Å². The highest BCUT2D eigenvalue weighted by Crippen LogP contribution is 2.38. The summed E-state index contributed by atoms with van der Waals surface area (Å²) in [6.45, 7) is 3.36. The van der Waals surface area contributed by atoms with E-state index in [4.69, 9.17) is 0 Å². The molecule has 0 spiro atoms. The summed E-state index contributed by atoms with van der Waals surface area (Å²) in [5.74, 6) is 0. The molecule has 0 saturated carbocycles. The average molecular weight is 195 g/mol. The number of rotatable bonds is 1. The minimum atomic E-state index is -4.20. The average Bonchev–Trinajstić information content (AvgIpc) is 2.06. The first-order chi connectivity index (χ1) is 5.38. The van der Waals surface area contributed by atoms with Gasteiger partial charge in [-0.15, -0.1) is 0 Å². The molecular weight excluding hydrogens is 187 g/mol. The van der Waals surface area contributed by atoms with Gasteiger partial charge in [-0.2, -0.15) is 13.2 Å². The van der Waals surface area contributed by atoms with Crippen LogP contribution in [0.25, 0.3) is 0 Å². The van der Waals surface area contributed by atoms with Crippen molar-refractivity contribution in [3.05, 3.63) is 17.5 Å². The number of H-pyrrole nitrogens is 1. The molecule has 1 aromatic heterocycles. The highest BCUT2D eigenvalue weighted by Gasteiger charge is 2.30. The van der Waals surface area contributed by atoms with Crippen molar-refractivity contribution in [1.29, 1.82) is 0 Å². The van der Waals surface area contributed by atoms with E-state index in [1.165, 1.54) is 6.07 Å². The summed E-state index contributed by atoms with van der Waals surface area (Å²) >= 11 is -0.0831. The smallest absolute Gasteiger partial charge is 0.362 e. The van der Waals surface area contributed by atoms with Gasteiger partial charge in [-0.05, 0) is 31.7 Å². The topological polar surface area (TPSA) is 15.8 Å². The lowest BCUT2D eigenvalue weighted by molar-refractivity contribution is -0.0328. The normalized spacial score (nSPS) is 12.1. The Morgan fingerprint density at radius 1 is 1.33 bits per heavy atom. The number of thioether (sulfide) groups is 1. The molecule has 1 aromatic rings. The van der Waals surface area contributed by atoms with Gasteiger partial charge >= 0.3 is 5.51 Å². The van der Waals surface area contributed by atoms with Gasteiger partial charge in [0.25, 0.3) is 0 Å². The zero-order valence-corrected chi connectivity index (χ0v) is 7.44. The Balaban J connectivity index is 2.82. The van der Waals surface area contributed by atoms with Gasteiger partial charge in [-0.25, -0.2) is 0 Å². The molecule has 0 bridgehead atoms. The third-order valence-electron chi connectivity index (χ3n) is 1.33. The molecular formula is C7H8F3NS. The number of hydrogen-bond donors (Lipinski definition) is 1. The molecule has 68 valence electrons. The van der Waals surface area contributed by atoms with Gasteiger partial charge in [0, 0.05) is 16.3 Å². The summed E-state index contributed by atoms with van der Waals surface area (Å²) in [7, 11) is 0. The zero-order chi connectivity index (χ0) is 9.35. The fraction of sp³-hybridized carbons (Fsp3) is 0.429. The maximum atomic E-state index is 11.9. The molecule has 1 heterocycles. The summed E-state index contributed by atoms with van der Waals surface area (Å²) in [4.78, 5) is 3.06. The summed E-state index contributed by atoms with van der Waals surface area (Å²) < 4.78 is 35.6. The van der Waals surface area contributed by atoms with Crippen molar-refractivity contribution in [3.63, 3.8) is 0 Å². The number of aromatic nitrogens is 1. The maximum Gasteiger partial charge on any atom is 0.446 e. The molecule has 0 aliphatic heterocycles. The lowest BCUT2D eigenvalue weighted by Gasteiger charge is -2.03. The van der Waals surface area contributed by atoms with Crippen LogP contribution >= 0.6 is 11.8 Å². The quantitative estimate of drug-likeness (QED) is 0.680. The van der Waals surface area contributed by atoms with E-state index >= 15 is 0 Å². The van der Waals surface area contributed by atoms with Crippen LogP contribution in [0.5, 0.6) is 0 Å². The van der Waals surface area contributed by atoms with Crippen LogP contribution in [0.3, 0.4) is 0 Å². The highest BCUT2D eigenvalue weighted by atomic mass is 32.2. The molecule has 0 radical (unpaired) electrons. The van der Waals surface area contributed by atoms with Crippen molar-refractivity contribution in [1.82, 2.24) is 4.98 Å². The number of nitrogens with one attached hydrogen (secondary N) is 1. The van der Waals surface area contributed by atoms with Crippen molar-refractivity contribution in [2.75, 3.05) is 0 Å². The van der Waals surface area contributed by atoms with Crippen LogP contribution in [0.4, 0.5) is 13.2 Å². The Kier molecular flexibility index (Phi) is 2.41. The summed E-state index contributed by atoms with van der Waals surface area (Å²) in [6, 6.07) is 1.49. The van der Waals surface area contributed by atoms with E-state index in [-0.39, 0.29) is 16.7 Å². The Labute approximate surface area is 72.4 Å². The molecule has 0 aliphatic carbocycles. The highest BCUT2D eigenvalue weighted by molar-refractivity contribution is 8.00. The van der Waals surface area contributed by atoms with E-state index < -0.39 is 5.51 Å². The van der Waals surface area contributed by atoms with E-state index in [0.717, 1.165) is 5.69 Å². The maximum absolute atomic E-state index is 11.9. The first kappa shape index (κ1) is 9.51. The van der Waals surface area contributed by atoms with Gasteiger partial charge in [0.1, 0.15) is 0 Å². The Morgan fingerprint density at radius 2 is 1.92 bits per heavy atom. The van der Waals surface area contributed by atoms with E-state index in [9.17, 15) is 13.2 Å². The molecule has 0 aromatic carbocycles. The van der Waals surface area contributed by atoms with E-state index in [1.54, 1.807) is 13.8 Å². The summed E-state index contributed by atoms with van der Waals surface area (Å²) in [6.07, 6.45) is 0. The zero-order valence-electron chi connectivity index (χ0n) is 6.62. The third kappa shape index (κ3) is 2.48. The lowest BCUT2D eigenvalue weighted by atomic mass is 10.4. The van der Waals surface area contributed by atoms with Crippen LogP contribution in [-0.2, 0) is 0 Å². The van der Waals surface area contributed by atoms with Gasteiger partial charge in [0.05, 0.1) is 0 Å². The molecule has 0 aliphatic rings. The van der Waals surface area contributed by atoms with Crippen LogP contribution in [-0.4, -0.2) is 10.5 Å². The van der Waals surface area contributed by atoms with Crippen molar-refractivity contribution < 1.29 is 13.2 Å². The van der Waals surface area contributed by atoms with Gasteiger partial charge < -0.3 is 4.98 Å². The van der Waals surface area contributed by atoms with Crippen LogP contribution in [0.1, 0.15) is 11.4 Å². The minimum Gasteiger partial charge on any atom is -0.362 e. The number of hydrogen-bond acceptors (Lipinski definition) is 1. The van der Waals surface area contributed by atoms with Crippen LogP contribution in [0.15, 0.2) is 11.0 Å². The molecule has 1 nitrogen and oxygen atoms in total. The predicted molar refractivity (Wildman–Crippen MR) is 42.2 cm³/mol. The van der Waals surface area contributed by atoms with Gasteiger partial charge in [-0.3, -0.25) is 0 Å². The van der Waals surface area contributed by atoms with Crippen molar-refractivity contribution >= 4 is 11.8 Å². The van der Waals surface area contributed by atoms with Gasteiger partial charge in [0.15, 0.2) is 0 Å². The lowest BCUT2D eigenvalue weighted by Crippen LogP contribution is -1.98. The van der Waals surface area contributed by atoms with E-state index in [2.05, 4.69) is 4.98 Å². The van der Waals surface area contributed by atoms with Crippen LogP contribution < -0.4 is 0 Å². The fourth-order valence-corrected chi connectivity index (χ4v) is 1.62. The van der Waals surface area contributed by atoms with Gasteiger partial charge in [0.2, 0.25) is 0 Å². The molecule has 12 heavy (non-hydrogen) atoms. The second kappa shape index (κ2) is 3.05. The van der Waals surface area contributed by atoms with Crippen molar-refractivity contribution in [2.24, 2.45) is 0 Å². The fourth-order valence-electron chi connectivity index (χ4n) is 0.929. The molecule has 5 heteroatoms. The third-order valence-corrected chi connectivity index (χ3v) is 2.20. The monoisotopic (exact) mass is 195 g/mol. The molecule has 0 fully saturated rings. The second-order valence-electron chi connectivity index (χ2n) is 2.49. The molecule has 0 amide bonds. The summed E-state index contributed by atoms with van der Waals surface area (Å²) in [5.41, 5.74) is -2.88. The molecule has 0 unspecified atom stereocenters. The van der Waals surface area contributed by atoms with Gasteiger partial charge in [-0.1, -0.05) is 0 Å². The first-order valence-electron chi connectivity index (χ1n) is 3.30. The predicted octanol–water partition coefficient (Wildman–Crippen LogP) is 3.24. The van der Waals surface area contributed by atoms with E-state index in [0.29, 0.717) is 5.69 Å². The number of alkyl halides is 3. The number of halogens is 3. The Bertz CT molecular complexity index is 277. The molecule has 1 N–H and O–H groups in total. The molecule has 0 atom stereocenters. The second-order valence-corrected chi connectivity index (χ2v) is 3.60. The minimum absolute atomic E-state index is 0.0831. The first-order valence-corrected chi connectivity index (χ1v) is 4.12. The van der Waals surface area contributed by atoms with E-state index in [1.807, 2.05) is 0 Å². The number of aryl methyl sites for hydroxylation is 2. The van der Waals surface area contributed by atoms with Crippen LogP contribution in [0, 0.1) is 13.8 Å². The Morgan fingerprint density at radius 3 is 2.25 bits per heavy atom. The summed E-state index contributed by atoms with van der Waals surface area (Å²) in [5, 5.41) is 0. The SMILES string of the molecule is Cc1cc(SC(F)(F)F)c(C)[nH]1.